The molecule has 0 spiro atoms. The predicted octanol–water partition coefficient (Wildman–Crippen LogP) is 9.39. The maximum Gasteiger partial charge on any atom is 0.268 e. The van der Waals surface area contributed by atoms with Gasteiger partial charge < -0.3 is 28.8 Å². The first-order valence-corrected chi connectivity index (χ1v) is 21.0. The second-order valence-electron chi connectivity index (χ2n) is 14.6. The third kappa shape index (κ3) is 33.5. The monoisotopic (exact) mass is 689 g/mol. The summed E-state index contributed by atoms with van der Waals surface area (Å²) in [6, 6.07) is -0.798. The average Bonchev–Trinajstić information content (AvgIpc) is 3.01. The Morgan fingerprint density at radius 1 is 0.723 bits per heavy atom. The third-order valence-electron chi connectivity index (χ3n) is 8.75. The average molecular weight is 689 g/mol. The Bertz CT molecular complexity index is 789. The Kier molecular flexibility index (Phi) is 30.7. The number of phosphoric acid groups is 1. The van der Waals surface area contributed by atoms with Crippen LogP contribution in [0.1, 0.15) is 174 Å². The SMILES string of the molecule is CCCCC/C=C\CCCCCCCC(=O)NC(COP(=O)([O-])OCC[N+](C)(C)C)C(O)CCCCCCCCCCCCCCC. The van der Waals surface area contributed by atoms with Crippen molar-refractivity contribution in [3.63, 3.8) is 0 Å². The van der Waals surface area contributed by atoms with Gasteiger partial charge in [-0.1, -0.05) is 142 Å². The number of hydrogen-bond acceptors (Lipinski definition) is 6. The number of hydrogen-bond donors (Lipinski definition) is 2. The molecule has 0 saturated heterocycles. The van der Waals surface area contributed by atoms with Gasteiger partial charge in [-0.15, -0.1) is 0 Å². The van der Waals surface area contributed by atoms with Crippen LogP contribution in [0.5, 0.6) is 0 Å². The maximum atomic E-state index is 12.8. The largest absolute Gasteiger partial charge is 0.756 e. The molecule has 8 nitrogen and oxygen atoms in total. The normalized spacial score (nSPS) is 14.8. The standard InChI is InChI=1S/C38H77N2O6P/c1-6-8-10-12-14-16-18-20-21-23-25-27-29-31-37(41)36(35-46-47(43,44)45-34-33-40(3,4)5)39-38(42)32-30-28-26-24-22-19-17-15-13-11-9-7-2/h15,17,36-37,41H,6-14,16,18-35H2,1-5H3,(H-,39,42,43,44)/b17-15-. The molecule has 0 saturated carbocycles. The smallest absolute Gasteiger partial charge is 0.268 e. The Morgan fingerprint density at radius 2 is 1.17 bits per heavy atom. The number of aliphatic hydroxyl groups is 1. The summed E-state index contributed by atoms with van der Waals surface area (Å²) in [4.78, 5) is 25.2. The maximum absolute atomic E-state index is 12.8. The van der Waals surface area contributed by atoms with Gasteiger partial charge in [0.15, 0.2) is 0 Å². The van der Waals surface area contributed by atoms with Gasteiger partial charge in [-0.2, -0.15) is 0 Å². The minimum atomic E-state index is -4.55. The van der Waals surface area contributed by atoms with Gasteiger partial charge in [0.25, 0.3) is 7.82 Å². The molecule has 0 aromatic heterocycles. The zero-order valence-electron chi connectivity index (χ0n) is 31.5. The lowest BCUT2D eigenvalue weighted by Gasteiger charge is -2.30. The van der Waals surface area contributed by atoms with Crippen LogP contribution in [-0.4, -0.2) is 68.5 Å². The van der Waals surface area contributed by atoms with Crippen LogP contribution in [0.2, 0.25) is 0 Å². The van der Waals surface area contributed by atoms with Crippen LogP contribution in [0.15, 0.2) is 12.2 Å². The number of nitrogens with zero attached hydrogens (tertiary/aromatic N) is 1. The van der Waals surface area contributed by atoms with Crippen LogP contribution >= 0.6 is 7.82 Å². The molecule has 0 aliphatic heterocycles. The molecule has 280 valence electrons. The predicted molar refractivity (Wildman–Crippen MR) is 196 cm³/mol. The summed E-state index contributed by atoms with van der Waals surface area (Å²) < 4.78 is 23.1. The summed E-state index contributed by atoms with van der Waals surface area (Å²) in [6.07, 6.45) is 32.0. The first kappa shape index (κ1) is 46.2. The van der Waals surface area contributed by atoms with E-state index in [4.69, 9.17) is 9.05 Å². The zero-order chi connectivity index (χ0) is 35.1. The summed E-state index contributed by atoms with van der Waals surface area (Å²) in [7, 11) is 1.30. The third-order valence-corrected chi connectivity index (χ3v) is 9.72. The number of carbonyl (C=O) groups is 1. The molecule has 0 bridgehead atoms. The van der Waals surface area contributed by atoms with Crippen LogP contribution in [0.3, 0.4) is 0 Å². The second-order valence-corrected chi connectivity index (χ2v) is 16.0. The summed E-state index contributed by atoms with van der Waals surface area (Å²) in [5.74, 6) is -0.176. The molecular formula is C38H77N2O6P. The van der Waals surface area contributed by atoms with Gasteiger partial charge in [-0.3, -0.25) is 9.36 Å². The van der Waals surface area contributed by atoms with E-state index in [9.17, 15) is 19.4 Å². The number of rotatable bonds is 35. The topological polar surface area (TPSA) is 108 Å². The first-order valence-electron chi connectivity index (χ1n) is 19.5. The number of likely N-dealkylation sites (N-methyl/N-ethyl adjacent to an activating group) is 1. The van der Waals surface area contributed by atoms with E-state index < -0.39 is 20.0 Å². The summed E-state index contributed by atoms with van der Waals surface area (Å²) >= 11 is 0. The molecule has 0 aromatic carbocycles. The van der Waals surface area contributed by atoms with Gasteiger partial charge in [0, 0.05) is 6.42 Å². The quantitative estimate of drug-likeness (QED) is 0.0297. The van der Waals surface area contributed by atoms with Gasteiger partial charge in [-0.25, -0.2) is 0 Å². The lowest BCUT2D eigenvalue weighted by Crippen LogP contribution is -2.46. The Balaban J connectivity index is 4.47. The molecule has 0 fully saturated rings. The number of unbranched alkanes of at least 4 members (excludes halogenated alkanes) is 20. The van der Waals surface area contributed by atoms with Gasteiger partial charge in [-0.05, 0) is 38.5 Å². The van der Waals surface area contributed by atoms with Crippen LogP contribution in [-0.2, 0) is 18.4 Å². The number of carbonyl (C=O) groups excluding carboxylic acids is 1. The Morgan fingerprint density at radius 3 is 1.70 bits per heavy atom. The molecule has 0 aliphatic rings. The molecule has 0 rings (SSSR count). The fourth-order valence-corrected chi connectivity index (χ4v) is 6.28. The van der Waals surface area contributed by atoms with Crippen molar-refractivity contribution in [2.24, 2.45) is 0 Å². The van der Waals surface area contributed by atoms with E-state index in [0.717, 1.165) is 51.4 Å². The zero-order valence-corrected chi connectivity index (χ0v) is 32.4. The van der Waals surface area contributed by atoms with Crippen LogP contribution in [0, 0.1) is 0 Å². The van der Waals surface area contributed by atoms with Crippen LogP contribution in [0.25, 0.3) is 0 Å². The van der Waals surface area contributed by atoms with Crippen molar-refractivity contribution in [1.29, 1.82) is 0 Å². The van der Waals surface area contributed by atoms with Gasteiger partial charge >= 0.3 is 0 Å². The van der Waals surface area contributed by atoms with Gasteiger partial charge in [0.1, 0.15) is 13.2 Å². The number of nitrogens with one attached hydrogen (secondary N) is 1. The summed E-state index contributed by atoms with van der Waals surface area (Å²) in [6.45, 7) is 4.67. The lowest BCUT2D eigenvalue weighted by molar-refractivity contribution is -0.870. The van der Waals surface area contributed by atoms with Crippen molar-refractivity contribution < 1.29 is 32.9 Å². The molecule has 2 N–H and O–H groups in total. The van der Waals surface area contributed by atoms with Gasteiger partial charge in [0.05, 0.1) is 39.9 Å². The molecular weight excluding hydrogens is 611 g/mol. The van der Waals surface area contributed by atoms with Gasteiger partial charge in [0.2, 0.25) is 5.91 Å². The molecule has 0 aromatic rings. The van der Waals surface area contributed by atoms with Crippen LogP contribution < -0.4 is 10.2 Å². The highest BCUT2D eigenvalue weighted by Crippen LogP contribution is 2.38. The second kappa shape index (κ2) is 31.2. The van der Waals surface area contributed by atoms with Crippen molar-refractivity contribution in [3.8, 4) is 0 Å². The minimum absolute atomic E-state index is 0.0120. The van der Waals surface area contributed by atoms with E-state index in [2.05, 4.69) is 31.3 Å². The molecule has 0 heterocycles. The first-order chi connectivity index (χ1) is 22.5. The Labute approximate surface area is 291 Å². The lowest BCUT2D eigenvalue weighted by atomic mass is 10.0. The molecule has 3 unspecified atom stereocenters. The molecule has 9 heteroatoms. The van der Waals surface area contributed by atoms with E-state index in [0.29, 0.717) is 23.9 Å². The Hall–Kier alpha value is -0.760. The van der Waals surface area contributed by atoms with E-state index >= 15 is 0 Å². The molecule has 47 heavy (non-hydrogen) atoms. The summed E-state index contributed by atoms with van der Waals surface area (Å²) in [5, 5.41) is 13.8. The highest BCUT2D eigenvalue weighted by molar-refractivity contribution is 7.45. The van der Waals surface area contributed by atoms with Crippen molar-refractivity contribution >= 4 is 13.7 Å². The molecule has 1 amide bonds. The minimum Gasteiger partial charge on any atom is -0.756 e. The highest BCUT2D eigenvalue weighted by Gasteiger charge is 2.24. The van der Waals surface area contributed by atoms with Crippen molar-refractivity contribution in [3.05, 3.63) is 12.2 Å². The van der Waals surface area contributed by atoms with Crippen molar-refractivity contribution in [2.45, 2.75) is 187 Å². The van der Waals surface area contributed by atoms with E-state index in [1.54, 1.807) is 0 Å². The fourth-order valence-electron chi connectivity index (χ4n) is 5.56. The molecule has 0 aliphatic carbocycles. The van der Waals surface area contributed by atoms with E-state index in [-0.39, 0.29) is 19.1 Å². The van der Waals surface area contributed by atoms with E-state index in [1.807, 2.05) is 21.1 Å². The van der Waals surface area contributed by atoms with E-state index in [1.165, 1.54) is 96.3 Å². The highest BCUT2D eigenvalue weighted by atomic mass is 31.2. The van der Waals surface area contributed by atoms with Crippen molar-refractivity contribution in [1.82, 2.24) is 5.32 Å². The number of aliphatic hydroxyl groups excluding tert-OH is 1. The van der Waals surface area contributed by atoms with Crippen molar-refractivity contribution in [2.75, 3.05) is 40.9 Å². The molecule has 0 radical (unpaired) electrons. The number of amides is 1. The number of phosphoric ester groups is 1. The number of quaternary nitrogens is 1. The van der Waals surface area contributed by atoms with Crippen LogP contribution in [0.4, 0.5) is 0 Å². The summed E-state index contributed by atoms with van der Waals surface area (Å²) in [5.41, 5.74) is 0. The fraction of sp³-hybridized carbons (Fsp3) is 0.921. The molecule has 3 atom stereocenters. The number of allylic oxidation sites excluding steroid dienone is 2.